The van der Waals surface area contributed by atoms with Gasteiger partial charge in [0.25, 0.3) is 0 Å². The van der Waals surface area contributed by atoms with Crippen LogP contribution in [0.15, 0.2) is 42.1 Å². The average molecular weight is 320 g/mol. The van der Waals surface area contributed by atoms with Crippen molar-refractivity contribution in [3.63, 3.8) is 0 Å². The van der Waals surface area contributed by atoms with Crippen LogP contribution in [0.25, 0.3) is 0 Å². The predicted molar refractivity (Wildman–Crippen MR) is 86.6 cm³/mol. The number of carbonyl (C=O) groups is 1. The second-order valence-electron chi connectivity index (χ2n) is 5.32. The molecule has 0 atom stereocenters. The Morgan fingerprint density at radius 1 is 1.26 bits per heavy atom. The molecule has 1 saturated heterocycles. The number of benzene rings is 1. The van der Waals surface area contributed by atoms with Crippen LogP contribution in [0.3, 0.4) is 0 Å². The van der Waals surface area contributed by atoms with Gasteiger partial charge in [0, 0.05) is 31.4 Å². The molecule has 1 aliphatic heterocycles. The molecule has 1 fully saturated rings. The first-order valence-corrected chi connectivity index (χ1v) is 7.78. The van der Waals surface area contributed by atoms with E-state index in [1.807, 2.05) is 30.3 Å². The quantitative estimate of drug-likeness (QED) is 0.436. The van der Waals surface area contributed by atoms with E-state index in [1.165, 1.54) is 6.08 Å². The third-order valence-electron chi connectivity index (χ3n) is 3.45. The van der Waals surface area contributed by atoms with Crippen molar-refractivity contribution < 1.29 is 19.0 Å². The summed E-state index contributed by atoms with van der Waals surface area (Å²) in [5.74, 6) is -0.455. The van der Waals surface area contributed by atoms with Crippen molar-refractivity contribution in [2.75, 3.05) is 46.1 Å². The molecule has 0 saturated carbocycles. The maximum atomic E-state index is 11.7. The Morgan fingerprint density at radius 3 is 2.74 bits per heavy atom. The molecule has 6 nitrogen and oxygen atoms in total. The molecule has 0 amide bonds. The number of nitrogens with zero attached hydrogens (tertiary/aromatic N) is 1. The molecule has 0 spiro atoms. The first-order chi connectivity index (χ1) is 11.2. The summed E-state index contributed by atoms with van der Waals surface area (Å²) < 4.78 is 15.9. The molecule has 0 aromatic heterocycles. The van der Waals surface area contributed by atoms with Crippen molar-refractivity contribution in [3.05, 3.63) is 47.7 Å². The van der Waals surface area contributed by atoms with Crippen LogP contribution in [0.4, 0.5) is 0 Å². The summed E-state index contributed by atoms with van der Waals surface area (Å²) in [7, 11) is 0. The molecule has 1 aromatic carbocycles. The Kier molecular flexibility index (Phi) is 7.59. The van der Waals surface area contributed by atoms with Gasteiger partial charge in [0.2, 0.25) is 0 Å². The maximum Gasteiger partial charge on any atom is 0.332 e. The van der Waals surface area contributed by atoms with Gasteiger partial charge >= 0.3 is 5.97 Å². The van der Waals surface area contributed by atoms with E-state index in [1.54, 1.807) is 0 Å². The van der Waals surface area contributed by atoms with E-state index in [0.29, 0.717) is 12.3 Å². The van der Waals surface area contributed by atoms with Gasteiger partial charge < -0.3 is 19.9 Å². The summed E-state index contributed by atoms with van der Waals surface area (Å²) in [6.45, 7) is 5.29. The molecule has 6 heteroatoms. The molecule has 2 rings (SSSR count). The Morgan fingerprint density at radius 2 is 2.00 bits per heavy atom. The summed E-state index contributed by atoms with van der Waals surface area (Å²) in [6, 6.07) is 9.51. The zero-order chi connectivity index (χ0) is 16.3. The van der Waals surface area contributed by atoms with E-state index < -0.39 is 5.97 Å². The Bertz CT molecular complexity index is 499. The number of hydrogen-bond donors (Lipinski definition) is 1. The molecule has 0 radical (unpaired) electrons. The Hall–Kier alpha value is -1.89. The first-order valence-electron chi connectivity index (χ1n) is 7.78. The Labute approximate surface area is 136 Å². The lowest BCUT2D eigenvalue weighted by Crippen LogP contribution is -2.38. The van der Waals surface area contributed by atoms with Crippen LogP contribution in [-0.2, 0) is 25.6 Å². The van der Waals surface area contributed by atoms with Gasteiger partial charge in [-0.15, -0.1) is 0 Å². The van der Waals surface area contributed by atoms with E-state index in [0.717, 1.165) is 38.4 Å². The smallest absolute Gasteiger partial charge is 0.332 e. The third kappa shape index (κ3) is 7.27. The molecule has 126 valence electrons. The largest absolute Gasteiger partial charge is 0.458 e. The minimum Gasteiger partial charge on any atom is -0.458 e. The number of hydrogen-bond acceptors (Lipinski definition) is 6. The second-order valence-corrected chi connectivity index (χ2v) is 5.32. The standard InChI is InChI=1S/C17H24N2O4/c18-16(14-22-11-8-19-6-9-21-10-7-19)12-17(20)23-13-15-4-2-1-3-5-15/h1-5,12H,6-11,13-14,18H2/b16-12-. The van der Waals surface area contributed by atoms with Crippen molar-refractivity contribution in [2.45, 2.75) is 6.61 Å². The van der Waals surface area contributed by atoms with Crippen LogP contribution in [0.1, 0.15) is 5.56 Å². The highest BCUT2D eigenvalue weighted by Gasteiger charge is 2.09. The van der Waals surface area contributed by atoms with Gasteiger partial charge in [0.15, 0.2) is 0 Å². The van der Waals surface area contributed by atoms with Crippen molar-refractivity contribution in [2.24, 2.45) is 5.73 Å². The van der Waals surface area contributed by atoms with Crippen molar-refractivity contribution >= 4 is 5.97 Å². The zero-order valence-corrected chi connectivity index (χ0v) is 13.3. The minimum absolute atomic E-state index is 0.227. The molecule has 1 heterocycles. The highest BCUT2D eigenvalue weighted by atomic mass is 16.5. The average Bonchev–Trinajstić information content (AvgIpc) is 2.59. The monoisotopic (exact) mass is 320 g/mol. The van der Waals surface area contributed by atoms with Crippen LogP contribution in [-0.4, -0.2) is 56.9 Å². The highest BCUT2D eigenvalue weighted by Crippen LogP contribution is 2.01. The second kappa shape index (κ2) is 9.99. The molecule has 2 N–H and O–H groups in total. The summed E-state index contributed by atoms with van der Waals surface area (Å²) in [5, 5.41) is 0. The normalized spacial score (nSPS) is 16.3. The summed E-state index contributed by atoms with van der Waals surface area (Å²) in [6.07, 6.45) is 1.28. The molecular formula is C17H24N2O4. The predicted octanol–water partition coefficient (Wildman–Crippen LogP) is 0.921. The molecular weight excluding hydrogens is 296 g/mol. The molecule has 0 unspecified atom stereocenters. The van der Waals surface area contributed by atoms with E-state index in [-0.39, 0.29) is 13.2 Å². The topological polar surface area (TPSA) is 74.0 Å². The molecule has 1 aliphatic rings. The fraction of sp³-hybridized carbons (Fsp3) is 0.471. The van der Waals surface area contributed by atoms with Crippen LogP contribution in [0, 0.1) is 0 Å². The molecule has 0 aliphatic carbocycles. The van der Waals surface area contributed by atoms with Crippen LogP contribution >= 0.6 is 0 Å². The van der Waals surface area contributed by atoms with Crippen LogP contribution < -0.4 is 5.73 Å². The van der Waals surface area contributed by atoms with Gasteiger partial charge in [0.1, 0.15) is 6.61 Å². The number of ether oxygens (including phenoxy) is 3. The van der Waals surface area contributed by atoms with E-state index in [2.05, 4.69) is 4.90 Å². The van der Waals surface area contributed by atoms with E-state index in [4.69, 9.17) is 19.9 Å². The maximum absolute atomic E-state index is 11.7. The van der Waals surface area contributed by atoms with Gasteiger partial charge in [-0.2, -0.15) is 0 Å². The SMILES string of the molecule is N/C(=C\C(=O)OCc1ccccc1)COCCN1CCOCC1. The first kappa shape index (κ1) is 17.5. The van der Waals surface area contributed by atoms with E-state index >= 15 is 0 Å². The number of carbonyl (C=O) groups excluding carboxylic acids is 1. The molecule has 23 heavy (non-hydrogen) atoms. The Balaban J connectivity index is 1.59. The molecule has 0 bridgehead atoms. The van der Waals surface area contributed by atoms with Crippen molar-refractivity contribution in [3.8, 4) is 0 Å². The fourth-order valence-electron chi connectivity index (χ4n) is 2.17. The number of esters is 1. The summed E-state index contributed by atoms with van der Waals surface area (Å²) in [4.78, 5) is 13.9. The lowest BCUT2D eigenvalue weighted by molar-refractivity contribution is -0.139. The van der Waals surface area contributed by atoms with Gasteiger partial charge in [-0.3, -0.25) is 4.90 Å². The number of nitrogens with two attached hydrogens (primary N) is 1. The minimum atomic E-state index is -0.455. The zero-order valence-electron chi connectivity index (χ0n) is 13.3. The van der Waals surface area contributed by atoms with Gasteiger partial charge in [-0.05, 0) is 5.56 Å². The van der Waals surface area contributed by atoms with Crippen LogP contribution in [0.5, 0.6) is 0 Å². The number of morpholine rings is 1. The van der Waals surface area contributed by atoms with Crippen molar-refractivity contribution in [1.29, 1.82) is 0 Å². The summed E-state index contributed by atoms with van der Waals surface area (Å²) >= 11 is 0. The van der Waals surface area contributed by atoms with Gasteiger partial charge in [-0.25, -0.2) is 4.79 Å². The third-order valence-corrected chi connectivity index (χ3v) is 3.45. The van der Waals surface area contributed by atoms with Crippen molar-refractivity contribution in [1.82, 2.24) is 4.90 Å². The summed E-state index contributed by atoms with van der Waals surface area (Å²) in [5.41, 5.74) is 7.07. The fourth-order valence-corrected chi connectivity index (χ4v) is 2.17. The lowest BCUT2D eigenvalue weighted by Gasteiger charge is -2.26. The van der Waals surface area contributed by atoms with Crippen LogP contribution in [0.2, 0.25) is 0 Å². The van der Waals surface area contributed by atoms with Gasteiger partial charge in [0.05, 0.1) is 26.4 Å². The lowest BCUT2D eigenvalue weighted by atomic mass is 10.2. The molecule has 1 aromatic rings. The van der Waals surface area contributed by atoms with E-state index in [9.17, 15) is 4.79 Å². The number of rotatable bonds is 8. The highest BCUT2D eigenvalue weighted by molar-refractivity contribution is 5.82. The van der Waals surface area contributed by atoms with Gasteiger partial charge in [-0.1, -0.05) is 30.3 Å².